The van der Waals surface area contributed by atoms with Crippen molar-refractivity contribution >= 4 is 54.8 Å². The summed E-state index contributed by atoms with van der Waals surface area (Å²) in [5.41, 5.74) is 2.13. The van der Waals surface area contributed by atoms with Gasteiger partial charge in [0.2, 0.25) is 0 Å². The highest BCUT2D eigenvalue weighted by atomic mass is 79.9. The number of rotatable bonds is 3. The first-order chi connectivity index (χ1) is 7.63. The third-order valence-corrected chi connectivity index (χ3v) is 5.19. The summed E-state index contributed by atoms with van der Waals surface area (Å²) in [6.45, 7) is 2.06. The SMILES string of the molecule is CCc1occc1C(Cl)c1cc(Br)sc1Br. The smallest absolute Gasteiger partial charge is 0.108 e. The van der Waals surface area contributed by atoms with Gasteiger partial charge in [0.25, 0.3) is 0 Å². The molecule has 0 saturated carbocycles. The quantitative estimate of drug-likeness (QED) is 0.614. The second kappa shape index (κ2) is 5.25. The molecule has 1 atom stereocenters. The lowest BCUT2D eigenvalue weighted by atomic mass is 10.1. The number of halogens is 3. The van der Waals surface area contributed by atoms with Crippen LogP contribution in [-0.4, -0.2) is 0 Å². The summed E-state index contributed by atoms with van der Waals surface area (Å²) < 4.78 is 7.52. The number of hydrogen-bond acceptors (Lipinski definition) is 2. The van der Waals surface area contributed by atoms with Crippen LogP contribution in [0, 0.1) is 0 Å². The Morgan fingerprint density at radius 2 is 2.19 bits per heavy atom. The maximum Gasteiger partial charge on any atom is 0.108 e. The Balaban J connectivity index is 2.38. The minimum absolute atomic E-state index is 0.161. The summed E-state index contributed by atoms with van der Waals surface area (Å²) in [6.07, 6.45) is 2.55. The number of alkyl halides is 1. The van der Waals surface area contributed by atoms with Gasteiger partial charge in [0.1, 0.15) is 5.76 Å². The summed E-state index contributed by atoms with van der Waals surface area (Å²) in [7, 11) is 0. The second-order valence-corrected chi connectivity index (χ2v) is 7.48. The van der Waals surface area contributed by atoms with E-state index >= 15 is 0 Å². The standard InChI is InChI=1S/C11H9Br2ClOS/c1-2-8-6(3-4-15-8)10(14)7-5-9(12)16-11(7)13/h3-5,10H,2H2,1H3. The topological polar surface area (TPSA) is 13.1 Å². The van der Waals surface area contributed by atoms with E-state index in [9.17, 15) is 0 Å². The van der Waals surface area contributed by atoms with Gasteiger partial charge < -0.3 is 4.42 Å². The summed E-state index contributed by atoms with van der Waals surface area (Å²) in [5, 5.41) is -0.161. The van der Waals surface area contributed by atoms with Crippen LogP contribution in [0.15, 0.2) is 30.4 Å². The van der Waals surface area contributed by atoms with E-state index in [0.717, 1.165) is 30.9 Å². The maximum absolute atomic E-state index is 6.47. The molecule has 2 aromatic rings. The fourth-order valence-corrected chi connectivity index (χ4v) is 5.02. The van der Waals surface area contributed by atoms with E-state index in [4.69, 9.17) is 16.0 Å². The lowest BCUT2D eigenvalue weighted by Gasteiger charge is -2.08. The van der Waals surface area contributed by atoms with Gasteiger partial charge in [-0.1, -0.05) is 6.92 Å². The Bertz CT molecular complexity index is 492. The fourth-order valence-electron chi connectivity index (χ4n) is 1.56. The van der Waals surface area contributed by atoms with E-state index in [2.05, 4.69) is 38.8 Å². The van der Waals surface area contributed by atoms with Crippen molar-refractivity contribution < 1.29 is 4.42 Å². The molecular formula is C11H9Br2ClOS. The third kappa shape index (κ3) is 2.40. The van der Waals surface area contributed by atoms with Crippen molar-refractivity contribution in [1.82, 2.24) is 0 Å². The van der Waals surface area contributed by atoms with Crippen LogP contribution < -0.4 is 0 Å². The zero-order chi connectivity index (χ0) is 11.7. The number of hydrogen-bond donors (Lipinski definition) is 0. The molecule has 0 aliphatic rings. The molecule has 0 aromatic carbocycles. The van der Waals surface area contributed by atoms with Crippen molar-refractivity contribution in [2.24, 2.45) is 0 Å². The average molecular weight is 385 g/mol. The van der Waals surface area contributed by atoms with Crippen LogP contribution in [-0.2, 0) is 6.42 Å². The van der Waals surface area contributed by atoms with Crippen molar-refractivity contribution in [2.75, 3.05) is 0 Å². The minimum Gasteiger partial charge on any atom is -0.469 e. The summed E-state index contributed by atoms with van der Waals surface area (Å²) >= 11 is 15.1. The van der Waals surface area contributed by atoms with E-state index in [1.807, 2.05) is 12.1 Å². The number of aryl methyl sites for hydroxylation is 1. The van der Waals surface area contributed by atoms with Crippen molar-refractivity contribution in [3.8, 4) is 0 Å². The second-order valence-electron chi connectivity index (χ2n) is 3.29. The predicted octanol–water partition coefficient (Wildman–Crippen LogP) is 5.76. The van der Waals surface area contributed by atoms with Crippen LogP contribution in [0.25, 0.3) is 0 Å². The Kier molecular flexibility index (Phi) is 4.16. The lowest BCUT2D eigenvalue weighted by molar-refractivity contribution is 0.512. The molecule has 2 aromatic heterocycles. The van der Waals surface area contributed by atoms with Gasteiger partial charge in [-0.2, -0.15) is 0 Å². The van der Waals surface area contributed by atoms with E-state index < -0.39 is 0 Å². The van der Waals surface area contributed by atoms with Crippen LogP contribution in [0.2, 0.25) is 0 Å². The van der Waals surface area contributed by atoms with Gasteiger partial charge >= 0.3 is 0 Å². The van der Waals surface area contributed by atoms with Crippen LogP contribution in [0.1, 0.15) is 29.2 Å². The molecule has 0 bridgehead atoms. The summed E-state index contributed by atoms with van der Waals surface area (Å²) in [6, 6.07) is 3.98. The zero-order valence-corrected chi connectivity index (χ0v) is 13.2. The van der Waals surface area contributed by atoms with Gasteiger partial charge in [-0.05, 0) is 44.0 Å². The minimum atomic E-state index is -0.161. The van der Waals surface area contributed by atoms with Gasteiger partial charge in [-0.3, -0.25) is 0 Å². The Morgan fingerprint density at radius 3 is 2.75 bits per heavy atom. The molecule has 0 spiro atoms. The molecule has 0 N–H and O–H groups in total. The number of furan rings is 1. The molecule has 0 radical (unpaired) electrons. The zero-order valence-electron chi connectivity index (χ0n) is 8.47. The van der Waals surface area contributed by atoms with Crippen LogP contribution in [0.5, 0.6) is 0 Å². The molecule has 0 fully saturated rings. The van der Waals surface area contributed by atoms with Crippen molar-refractivity contribution in [3.05, 3.63) is 42.9 Å². The summed E-state index contributed by atoms with van der Waals surface area (Å²) in [4.78, 5) is 0. The molecular weight excluding hydrogens is 375 g/mol. The molecule has 2 heterocycles. The Labute approximate surface area is 120 Å². The van der Waals surface area contributed by atoms with E-state index in [0.29, 0.717) is 0 Å². The normalized spacial score (nSPS) is 13.0. The monoisotopic (exact) mass is 382 g/mol. The van der Waals surface area contributed by atoms with Crippen LogP contribution in [0.3, 0.4) is 0 Å². The molecule has 0 amide bonds. The molecule has 0 aliphatic heterocycles. The molecule has 0 saturated heterocycles. The molecule has 0 aliphatic carbocycles. The van der Waals surface area contributed by atoms with E-state index in [1.54, 1.807) is 17.6 Å². The van der Waals surface area contributed by atoms with Crippen LogP contribution >= 0.6 is 54.8 Å². The molecule has 2 rings (SSSR count). The lowest BCUT2D eigenvalue weighted by Crippen LogP contribution is -1.94. The first-order valence-corrected chi connectivity index (χ1v) is 7.62. The first-order valence-electron chi connectivity index (χ1n) is 4.78. The van der Waals surface area contributed by atoms with E-state index in [-0.39, 0.29) is 5.38 Å². The molecule has 1 nitrogen and oxygen atoms in total. The van der Waals surface area contributed by atoms with Crippen LogP contribution in [0.4, 0.5) is 0 Å². The Morgan fingerprint density at radius 1 is 1.44 bits per heavy atom. The summed E-state index contributed by atoms with van der Waals surface area (Å²) in [5.74, 6) is 0.953. The highest BCUT2D eigenvalue weighted by Crippen LogP contribution is 2.41. The average Bonchev–Trinajstić information content (AvgIpc) is 2.83. The number of thiophene rings is 1. The van der Waals surface area contributed by atoms with Gasteiger partial charge in [0.05, 0.1) is 19.2 Å². The highest BCUT2D eigenvalue weighted by Gasteiger charge is 2.20. The largest absolute Gasteiger partial charge is 0.469 e. The van der Waals surface area contributed by atoms with Crippen molar-refractivity contribution in [3.63, 3.8) is 0 Å². The third-order valence-electron chi connectivity index (χ3n) is 2.33. The molecule has 1 unspecified atom stereocenters. The fraction of sp³-hybridized carbons (Fsp3) is 0.273. The predicted molar refractivity (Wildman–Crippen MR) is 75.5 cm³/mol. The Hall–Kier alpha value is 0.230. The van der Waals surface area contributed by atoms with Gasteiger partial charge in [-0.25, -0.2) is 0 Å². The van der Waals surface area contributed by atoms with Crippen molar-refractivity contribution in [2.45, 2.75) is 18.7 Å². The van der Waals surface area contributed by atoms with Crippen molar-refractivity contribution in [1.29, 1.82) is 0 Å². The maximum atomic E-state index is 6.47. The van der Waals surface area contributed by atoms with Gasteiger partial charge in [-0.15, -0.1) is 22.9 Å². The molecule has 16 heavy (non-hydrogen) atoms. The molecule has 5 heteroatoms. The van der Waals surface area contributed by atoms with Gasteiger partial charge in [0.15, 0.2) is 0 Å². The van der Waals surface area contributed by atoms with Gasteiger partial charge in [0, 0.05) is 17.5 Å². The first kappa shape index (κ1) is 12.7. The molecule has 86 valence electrons. The highest BCUT2D eigenvalue weighted by molar-refractivity contribution is 9.12. The van der Waals surface area contributed by atoms with E-state index in [1.165, 1.54) is 0 Å².